The summed E-state index contributed by atoms with van der Waals surface area (Å²) in [5.41, 5.74) is 4.12. The highest BCUT2D eigenvalue weighted by atomic mass is 32.2. The number of hydrogen-bond acceptors (Lipinski definition) is 8. The Morgan fingerprint density at radius 2 is 2.11 bits per heavy atom. The number of hydrogen-bond donors (Lipinski definition) is 2. The van der Waals surface area contributed by atoms with Gasteiger partial charge in [-0.2, -0.15) is 10.2 Å². The van der Waals surface area contributed by atoms with Crippen LogP contribution in [0.2, 0.25) is 0 Å². The summed E-state index contributed by atoms with van der Waals surface area (Å²) in [6.45, 7) is 4.58. The van der Waals surface area contributed by atoms with Crippen molar-refractivity contribution < 1.29 is 17.7 Å². The molecule has 2 aromatic carbocycles. The highest BCUT2D eigenvalue weighted by molar-refractivity contribution is 7.89. The van der Waals surface area contributed by atoms with Crippen LogP contribution in [0.25, 0.3) is 22.8 Å². The standard InChI is InChI=1S/C25H29N5O4S/c1-16(2)33-23-10-8-17(13-19(23)14-26)25-29-24(30-34-25)22-6-4-5-20-18(7-9-21(20)22)15-28-35(31,32)12-11-27-3/h4-6,8,10,13,16,18,27-28H,7,9,11-12,15H2,1-3H3. The maximum absolute atomic E-state index is 12.2. The van der Waals surface area contributed by atoms with Crippen LogP contribution >= 0.6 is 0 Å². The van der Waals surface area contributed by atoms with Gasteiger partial charge < -0.3 is 14.6 Å². The number of ether oxygens (including phenoxy) is 1. The Bertz CT molecular complexity index is 1340. The summed E-state index contributed by atoms with van der Waals surface area (Å²) in [5.74, 6) is 1.43. The van der Waals surface area contributed by atoms with E-state index < -0.39 is 10.0 Å². The summed E-state index contributed by atoms with van der Waals surface area (Å²) in [7, 11) is -1.59. The second-order valence-electron chi connectivity index (χ2n) is 8.79. The van der Waals surface area contributed by atoms with Gasteiger partial charge in [-0.1, -0.05) is 23.4 Å². The predicted molar refractivity (Wildman–Crippen MR) is 132 cm³/mol. The molecule has 4 rings (SSSR count). The van der Waals surface area contributed by atoms with Crippen molar-refractivity contribution in [3.8, 4) is 34.7 Å². The summed E-state index contributed by atoms with van der Waals surface area (Å²) in [4.78, 5) is 4.59. The summed E-state index contributed by atoms with van der Waals surface area (Å²) in [6.07, 6.45) is 1.60. The van der Waals surface area contributed by atoms with Gasteiger partial charge >= 0.3 is 0 Å². The molecule has 0 bridgehead atoms. The monoisotopic (exact) mass is 495 g/mol. The molecule has 9 nitrogen and oxygen atoms in total. The van der Waals surface area contributed by atoms with E-state index in [4.69, 9.17) is 9.26 Å². The second kappa shape index (κ2) is 10.6. The van der Waals surface area contributed by atoms with Gasteiger partial charge in [0, 0.05) is 24.2 Å². The first-order valence-electron chi connectivity index (χ1n) is 11.6. The molecular formula is C25H29N5O4S. The molecule has 1 atom stereocenters. The Morgan fingerprint density at radius 3 is 2.86 bits per heavy atom. The molecule has 0 amide bonds. The van der Waals surface area contributed by atoms with E-state index in [0.717, 1.165) is 29.5 Å². The van der Waals surface area contributed by atoms with Gasteiger partial charge in [0.15, 0.2) is 0 Å². The van der Waals surface area contributed by atoms with Crippen LogP contribution in [0.4, 0.5) is 0 Å². The fourth-order valence-corrected chi connectivity index (χ4v) is 5.33. The number of rotatable bonds is 10. The zero-order chi connectivity index (χ0) is 25.0. The largest absolute Gasteiger partial charge is 0.490 e. The van der Waals surface area contributed by atoms with Crippen molar-refractivity contribution in [3.63, 3.8) is 0 Å². The van der Waals surface area contributed by atoms with Crippen LogP contribution in [-0.2, 0) is 16.4 Å². The predicted octanol–water partition coefficient (Wildman–Crippen LogP) is 3.23. The fraction of sp³-hybridized carbons (Fsp3) is 0.400. The van der Waals surface area contributed by atoms with E-state index in [1.54, 1.807) is 25.2 Å². The van der Waals surface area contributed by atoms with Crippen LogP contribution in [0.3, 0.4) is 0 Å². The average molecular weight is 496 g/mol. The molecule has 1 heterocycles. The molecule has 10 heteroatoms. The summed E-state index contributed by atoms with van der Waals surface area (Å²) in [6, 6.07) is 13.3. The Morgan fingerprint density at radius 1 is 1.29 bits per heavy atom. The van der Waals surface area contributed by atoms with E-state index in [0.29, 0.717) is 41.7 Å². The van der Waals surface area contributed by atoms with Crippen molar-refractivity contribution in [1.82, 2.24) is 20.2 Å². The number of nitriles is 1. The van der Waals surface area contributed by atoms with Crippen LogP contribution in [0.15, 0.2) is 40.9 Å². The van der Waals surface area contributed by atoms with E-state index in [2.05, 4.69) is 26.2 Å². The number of nitrogens with one attached hydrogen (secondary N) is 2. The fourth-order valence-electron chi connectivity index (χ4n) is 4.26. The molecule has 2 N–H and O–H groups in total. The van der Waals surface area contributed by atoms with Gasteiger partial charge in [0.05, 0.1) is 17.4 Å². The first kappa shape index (κ1) is 24.9. The Kier molecular flexibility index (Phi) is 7.50. The van der Waals surface area contributed by atoms with Gasteiger partial charge in [0.25, 0.3) is 5.89 Å². The lowest BCUT2D eigenvalue weighted by Gasteiger charge is -2.14. The Hall–Kier alpha value is -3.26. The number of benzene rings is 2. The zero-order valence-corrected chi connectivity index (χ0v) is 20.9. The summed E-state index contributed by atoms with van der Waals surface area (Å²) >= 11 is 0. The van der Waals surface area contributed by atoms with Crippen molar-refractivity contribution in [2.75, 3.05) is 25.9 Å². The van der Waals surface area contributed by atoms with Gasteiger partial charge in [-0.3, -0.25) is 0 Å². The normalized spacial score (nSPS) is 15.2. The van der Waals surface area contributed by atoms with Gasteiger partial charge in [-0.05, 0) is 69.0 Å². The molecule has 0 radical (unpaired) electrons. The summed E-state index contributed by atoms with van der Waals surface area (Å²) in [5, 5.41) is 16.6. The molecule has 1 aromatic heterocycles. The van der Waals surface area contributed by atoms with Crippen LogP contribution in [-0.4, -0.2) is 50.6 Å². The highest BCUT2D eigenvalue weighted by Crippen LogP contribution is 2.38. The number of nitrogens with zero attached hydrogens (tertiary/aromatic N) is 3. The highest BCUT2D eigenvalue weighted by Gasteiger charge is 2.27. The molecule has 1 aliphatic rings. The van der Waals surface area contributed by atoms with E-state index in [9.17, 15) is 13.7 Å². The number of fused-ring (bicyclic) bond motifs is 1. The maximum Gasteiger partial charge on any atom is 0.258 e. The van der Waals surface area contributed by atoms with E-state index in [-0.39, 0.29) is 17.8 Å². The molecule has 1 unspecified atom stereocenters. The third-order valence-electron chi connectivity index (χ3n) is 5.94. The molecule has 0 fully saturated rings. The van der Waals surface area contributed by atoms with E-state index in [1.165, 1.54) is 0 Å². The topological polar surface area (TPSA) is 130 Å². The smallest absolute Gasteiger partial charge is 0.258 e. The average Bonchev–Trinajstić information content (AvgIpc) is 3.49. The lowest BCUT2D eigenvalue weighted by molar-refractivity contribution is 0.241. The summed E-state index contributed by atoms with van der Waals surface area (Å²) < 4.78 is 38.3. The molecular weight excluding hydrogens is 466 g/mol. The minimum Gasteiger partial charge on any atom is -0.490 e. The minimum absolute atomic E-state index is 0.0457. The first-order chi connectivity index (χ1) is 16.8. The quantitative estimate of drug-likeness (QED) is 0.438. The SMILES string of the molecule is CNCCS(=O)(=O)NCC1CCc2c(-c3noc(-c4ccc(OC(C)C)c(C#N)c4)n3)cccc21. The molecule has 184 valence electrons. The molecule has 0 spiro atoms. The van der Waals surface area contributed by atoms with Crippen LogP contribution < -0.4 is 14.8 Å². The van der Waals surface area contributed by atoms with Gasteiger partial charge in [0.2, 0.25) is 15.8 Å². The maximum atomic E-state index is 12.2. The lowest BCUT2D eigenvalue weighted by atomic mass is 9.98. The Labute approximate surface area is 205 Å². The lowest BCUT2D eigenvalue weighted by Crippen LogP contribution is -2.33. The number of aromatic nitrogens is 2. The molecule has 35 heavy (non-hydrogen) atoms. The first-order valence-corrected chi connectivity index (χ1v) is 13.3. The van der Waals surface area contributed by atoms with Gasteiger partial charge in [-0.15, -0.1) is 0 Å². The van der Waals surface area contributed by atoms with Crippen LogP contribution in [0.1, 0.15) is 42.9 Å². The molecule has 0 aliphatic heterocycles. The van der Waals surface area contributed by atoms with Crippen molar-refractivity contribution in [1.29, 1.82) is 5.26 Å². The zero-order valence-electron chi connectivity index (χ0n) is 20.0. The van der Waals surface area contributed by atoms with E-state index >= 15 is 0 Å². The van der Waals surface area contributed by atoms with Crippen LogP contribution in [0, 0.1) is 11.3 Å². The van der Waals surface area contributed by atoms with E-state index in [1.807, 2.05) is 32.0 Å². The van der Waals surface area contributed by atoms with Crippen molar-refractivity contribution in [2.45, 2.75) is 38.7 Å². The third-order valence-corrected chi connectivity index (χ3v) is 7.29. The molecule has 0 saturated carbocycles. The van der Waals surface area contributed by atoms with Crippen molar-refractivity contribution in [3.05, 3.63) is 53.1 Å². The molecule has 3 aromatic rings. The van der Waals surface area contributed by atoms with Crippen molar-refractivity contribution >= 4 is 10.0 Å². The van der Waals surface area contributed by atoms with Gasteiger partial charge in [-0.25, -0.2) is 13.1 Å². The second-order valence-corrected chi connectivity index (χ2v) is 10.7. The third kappa shape index (κ3) is 5.70. The Balaban J connectivity index is 1.55. The number of sulfonamides is 1. The van der Waals surface area contributed by atoms with Gasteiger partial charge in [0.1, 0.15) is 11.8 Å². The molecule has 1 aliphatic carbocycles. The van der Waals surface area contributed by atoms with Crippen molar-refractivity contribution in [2.24, 2.45) is 0 Å². The van der Waals surface area contributed by atoms with Crippen LogP contribution in [0.5, 0.6) is 5.75 Å². The molecule has 0 saturated heterocycles. The minimum atomic E-state index is -3.32.